The Morgan fingerprint density at radius 2 is 2.00 bits per heavy atom. The molecule has 1 fully saturated rings. The van der Waals surface area contributed by atoms with Crippen molar-refractivity contribution >= 4 is 29.0 Å². The second-order valence-electron chi connectivity index (χ2n) is 8.91. The van der Waals surface area contributed by atoms with Crippen LogP contribution in [0.1, 0.15) is 28.9 Å². The first-order valence-electron chi connectivity index (χ1n) is 12.0. The number of carbonyl (C=O) groups is 3. The number of hydrogen-bond acceptors (Lipinski definition) is 6. The predicted molar refractivity (Wildman–Crippen MR) is 133 cm³/mol. The molecule has 1 aliphatic rings. The van der Waals surface area contributed by atoms with Crippen LogP contribution >= 0.6 is 0 Å². The van der Waals surface area contributed by atoms with Gasteiger partial charge < -0.3 is 20.2 Å². The minimum Gasteiger partial charge on any atom is -0.366 e. The molecule has 3 atom stereocenters. The van der Waals surface area contributed by atoms with Gasteiger partial charge in [-0.3, -0.25) is 14.9 Å². The summed E-state index contributed by atoms with van der Waals surface area (Å²) in [6.07, 6.45) is 1.98. The van der Waals surface area contributed by atoms with Gasteiger partial charge in [0.25, 0.3) is 5.91 Å². The Hall–Kier alpha value is -3.69. The smallest absolute Gasteiger partial charge is 0.270 e. The van der Waals surface area contributed by atoms with Crippen molar-refractivity contribution < 1.29 is 23.5 Å². The summed E-state index contributed by atoms with van der Waals surface area (Å²) in [4.78, 5) is 42.5. The Morgan fingerprint density at radius 3 is 2.83 bits per heavy atom. The maximum atomic E-state index is 13.8. The van der Waals surface area contributed by atoms with Crippen LogP contribution in [-0.4, -0.2) is 55.1 Å². The normalized spacial score (nSPS) is 17.5. The summed E-state index contributed by atoms with van der Waals surface area (Å²) in [6, 6.07) is 14.8. The second kappa shape index (κ2) is 12.3. The molecule has 0 aliphatic carbocycles. The highest BCUT2D eigenvalue weighted by Gasteiger charge is 2.26. The minimum absolute atomic E-state index is 0.0466. The average molecular weight is 493 g/mol. The largest absolute Gasteiger partial charge is 0.366 e. The zero-order chi connectivity index (χ0) is 25.3. The van der Waals surface area contributed by atoms with Gasteiger partial charge in [0, 0.05) is 11.8 Å². The number of nitrogens with one attached hydrogen (secondary N) is 3. The lowest BCUT2D eigenvalue weighted by molar-refractivity contribution is -0.125. The highest BCUT2D eigenvalue weighted by Crippen LogP contribution is 2.15. The van der Waals surface area contributed by atoms with E-state index >= 15 is 0 Å². The number of rotatable bonds is 9. The van der Waals surface area contributed by atoms with Gasteiger partial charge in [0.2, 0.25) is 5.91 Å². The van der Waals surface area contributed by atoms with Crippen LogP contribution in [0.25, 0.3) is 10.9 Å². The molecular formula is C27H29FN4O4. The third-order valence-corrected chi connectivity index (χ3v) is 6.15. The van der Waals surface area contributed by atoms with E-state index in [2.05, 4.69) is 20.9 Å². The van der Waals surface area contributed by atoms with Gasteiger partial charge in [-0.1, -0.05) is 36.4 Å². The van der Waals surface area contributed by atoms with Crippen molar-refractivity contribution in [2.45, 2.75) is 31.3 Å². The molecule has 4 rings (SSSR count). The molecule has 1 aromatic heterocycles. The number of amides is 2. The number of ether oxygens (including phenoxy) is 1. The Balaban J connectivity index is 1.50. The van der Waals surface area contributed by atoms with Gasteiger partial charge in [-0.15, -0.1) is 0 Å². The summed E-state index contributed by atoms with van der Waals surface area (Å²) in [5.74, 6) is -1.41. The molecule has 36 heavy (non-hydrogen) atoms. The Morgan fingerprint density at radius 1 is 1.14 bits per heavy atom. The zero-order valence-electron chi connectivity index (χ0n) is 19.8. The maximum absolute atomic E-state index is 13.8. The van der Waals surface area contributed by atoms with Gasteiger partial charge in [-0.25, -0.2) is 9.37 Å². The van der Waals surface area contributed by atoms with Crippen molar-refractivity contribution in [2.75, 3.05) is 19.9 Å². The summed E-state index contributed by atoms with van der Waals surface area (Å²) in [6.45, 7) is 1.71. The van der Waals surface area contributed by atoms with E-state index in [0.717, 1.165) is 18.4 Å². The molecule has 3 aromatic rings. The number of aromatic nitrogens is 1. The molecule has 3 N–H and O–H groups in total. The van der Waals surface area contributed by atoms with Crippen molar-refractivity contribution in [1.29, 1.82) is 0 Å². The first-order valence-corrected chi connectivity index (χ1v) is 12.0. The van der Waals surface area contributed by atoms with E-state index in [-0.39, 0.29) is 18.0 Å². The van der Waals surface area contributed by atoms with Crippen LogP contribution in [0.2, 0.25) is 0 Å². The molecule has 0 radical (unpaired) electrons. The topological polar surface area (TPSA) is 109 Å². The second-order valence-corrected chi connectivity index (χ2v) is 8.91. The number of aldehydes is 1. The number of nitrogens with zero attached hydrogens (tertiary/aromatic N) is 1. The molecule has 1 saturated heterocycles. The van der Waals surface area contributed by atoms with Gasteiger partial charge in [0.05, 0.1) is 24.9 Å². The van der Waals surface area contributed by atoms with Crippen LogP contribution in [0.15, 0.2) is 60.7 Å². The fourth-order valence-corrected chi connectivity index (χ4v) is 4.27. The number of benzene rings is 2. The van der Waals surface area contributed by atoms with Crippen LogP contribution in [0.3, 0.4) is 0 Å². The van der Waals surface area contributed by atoms with Gasteiger partial charge in [0.1, 0.15) is 23.8 Å². The molecule has 188 valence electrons. The molecule has 2 amide bonds. The van der Waals surface area contributed by atoms with E-state index in [9.17, 15) is 18.8 Å². The summed E-state index contributed by atoms with van der Waals surface area (Å²) < 4.78 is 19.3. The van der Waals surface area contributed by atoms with Gasteiger partial charge in [0.15, 0.2) is 0 Å². The number of fused-ring (bicyclic) bond motifs is 1. The number of pyridine rings is 1. The van der Waals surface area contributed by atoms with Crippen molar-refractivity contribution in [3.8, 4) is 0 Å². The predicted octanol–water partition coefficient (Wildman–Crippen LogP) is 2.37. The lowest BCUT2D eigenvalue weighted by Gasteiger charge is -2.23. The standard InChI is InChI=1S/C27H29FN4O4/c28-21-6-3-4-18(12-21)14-25(27(35)30-22(15-33)13-19-10-11-29-17-36-16-19)32-26(34)24-9-8-20-5-1-2-7-23(20)31-24/h1-9,12,15,19,22,25,29H,10-11,13-14,16-17H2,(H,30,35)(H,32,34)/t19-,22-,25-/m0/s1. The van der Waals surface area contributed by atoms with Crippen LogP contribution in [0.4, 0.5) is 4.39 Å². The highest BCUT2D eigenvalue weighted by molar-refractivity contribution is 5.98. The van der Waals surface area contributed by atoms with E-state index in [4.69, 9.17) is 4.74 Å². The Kier molecular flexibility index (Phi) is 8.70. The third kappa shape index (κ3) is 6.93. The van der Waals surface area contributed by atoms with Crippen LogP contribution in [-0.2, 0) is 20.7 Å². The fraction of sp³-hybridized carbons (Fsp3) is 0.333. The van der Waals surface area contributed by atoms with E-state index < -0.39 is 29.7 Å². The monoisotopic (exact) mass is 492 g/mol. The first kappa shape index (κ1) is 25.4. The first-order chi connectivity index (χ1) is 17.5. The molecule has 0 spiro atoms. The van der Waals surface area contributed by atoms with E-state index in [1.54, 1.807) is 30.3 Å². The van der Waals surface area contributed by atoms with E-state index in [1.807, 2.05) is 18.2 Å². The van der Waals surface area contributed by atoms with E-state index in [0.29, 0.717) is 37.1 Å². The fourth-order valence-electron chi connectivity index (χ4n) is 4.27. The third-order valence-electron chi connectivity index (χ3n) is 6.15. The molecule has 1 aliphatic heterocycles. The molecule has 2 heterocycles. The van der Waals surface area contributed by atoms with Gasteiger partial charge in [-0.05, 0) is 55.1 Å². The number of para-hydroxylation sites is 1. The highest BCUT2D eigenvalue weighted by atomic mass is 19.1. The zero-order valence-corrected chi connectivity index (χ0v) is 19.8. The van der Waals surface area contributed by atoms with Gasteiger partial charge in [-0.2, -0.15) is 0 Å². The Labute approximate surface area is 208 Å². The summed E-state index contributed by atoms with van der Waals surface area (Å²) in [5.41, 5.74) is 1.34. The van der Waals surface area contributed by atoms with E-state index in [1.165, 1.54) is 12.1 Å². The van der Waals surface area contributed by atoms with Crippen LogP contribution < -0.4 is 16.0 Å². The van der Waals surface area contributed by atoms with Crippen molar-refractivity contribution in [3.63, 3.8) is 0 Å². The molecule has 9 heteroatoms. The molecular weight excluding hydrogens is 463 g/mol. The number of halogens is 1. The molecule has 0 unspecified atom stereocenters. The minimum atomic E-state index is -1.04. The number of carbonyl (C=O) groups excluding carboxylic acids is 3. The quantitative estimate of drug-likeness (QED) is 0.396. The van der Waals surface area contributed by atoms with Crippen molar-refractivity contribution in [1.82, 2.24) is 20.9 Å². The summed E-state index contributed by atoms with van der Waals surface area (Å²) >= 11 is 0. The Bertz CT molecular complexity index is 1210. The summed E-state index contributed by atoms with van der Waals surface area (Å²) in [7, 11) is 0. The van der Waals surface area contributed by atoms with Crippen molar-refractivity contribution in [2.24, 2.45) is 5.92 Å². The SMILES string of the molecule is O=C[C@H](C[C@@H]1CCNCOC1)NC(=O)[C@H](Cc1cccc(F)c1)NC(=O)c1ccc2ccccc2n1. The average Bonchev–Trinajstić information content (AvgIpc) is 3.16. The lowest BCUT2D eigenvalue weighted by Crippen LogP contribution is -2.51. The molecule has 8 nitrogen and oxygen atoms in total. The molecule has 0 bridgehead atoms. The van der Waals surface area contributed by atoms with Gasteiger partial charge >= 0.3 is 0 Å². The van der Waals surface area contributed by atoms with Crippen LogP contribution in [0.5, 0.6) is 0 Å². The maximum Gasteiger partial charge on any atom is 0.270 e. The number of hydrogen-bond donors (Lipinski definition) is 3. The van der Waals surface area contributed by atoms with Crippen molar-refractivity contribution in [3.05, 3.63) is 77.7 Å². The lowest BCUT2D eigenvalue weighted by atomic mass is 9.97. The molecule has 0 saturated carbocycles. The molecule has 2 aromatic carbocycles. The summed E-state index contributed by atoms with van der Waals surface area (Å²) in [5, 5.41) is 9.48. The van der Waals surface area contributed by atoms with Crippen LogP contribution in [0, 0.1) is 11.7 Å².